The molecule has 0 amide bonds. The fraction of sp³-hybridized carbons (Fsp3) is 0.667. The summed E-state index contributed by atoms with van der Waals surface area (Å²) in [4.78, 5) is 23.8. The lowest BCUT2D eigenvalue weighted by molar-refractivity contribution is -0.148. The van der Waals surface area contributed by atoms with E-state index in [1.54, 1.807) is 7.11 Å². The highest BCUT2D eigenvalue weighted by molar-refractivity contribution is 5.79. The van der Waals surface area contributed by atoms with E-state index in [9.17, 15) is 9.59 Å². The molecule has 0 aliphatic heterocycles. The van der Waals surface area contributed by atoms with E-state index < -0.39 is 0 Å². The predicted molar refractivity (Wildman–Crippen MR) is 114 cm³/mol. The van der Waals surface area contributed by atoms with Crippen molar-refractivity contribution in [2.45, 2.75) is 97.5 Å². The molecule has 0 heterocycles. The Morgan fingerprint density at radius 1 is 1.04 bits per heavy atom. The van der Waals surface area contributed by atoms with Crippen molar-refractivity contribution in [2.75, 3.05) is 7.11 Å². The van der Waals surface area contributed by atoms with Crippen LogP contribution in [0.2, 0.25) is 0 Å². The number of Topliss-reactive ketones (excluding diaryl/α,β-unsaturated/α-hetero) is 1. The third kappa shape index (κ3) is 10.5. The Morgan fingerprint density at radius 3 is 2.36 bits per heavy atom. The van der Waals surface area contributed by atoms with Crippen LogP contribution in [0.4, 0.5) is 0 Å². The Hall–Kier alpha value is -1.84. The van der Waals surface area contributed by atoms with Gasteiger partial charge in [0.2, 0.25) is 0 Å². The van der Waals surface area contributed by atoms with Gasteiger partial charge in [-0.25, -0.2) is 0 Å². The highest BCUT2D eigenvalue weighted by Crippen LogP contribution is 2.20. The largest absolute Gasteiger partial charge is 0.496 e. The van der Waals surface area contributed by atoms with E-state index in [-0.39, 0.29) is 17.9 Å². The van der Waals surface area contributed by atoms with E-state index >= 15 is 0 Å². The highest BCUT2D eigenvalue weighted by atomic mass is 16.5. The molecule has 0 spiro atoms. The van der Waals surface area contributed by atoms with E-state index in [0.29, 0.717) is 19.3 Å². The van der Waals surface area contributed by atoms with Crippen LogP contribution in [0.15, 0.2) is 18.2 Å². The number of unbranched alkanes of at least 4 members (excludes halogenated alkanes) is 6. The van der Waals surface area contributed by atoms with Crippen molar-refractivity contribution in [1.29, 1.82) is 0 Å². The average Bonchev–Trinajstić information content (AvgIpc) is 2.66. The van der Waals surface area contributed by atoms with Crippen molar-refractivity contribution < 1.29 is 19.1 Å². The zero-order valence-electron chi connectivity index (χ0n) is 18.2. The molecule has 1 rings (SSSR count). The third-order valence-electron chi connectivity index (χ3n) is 5.08. The summed E-state index contributed by atoms with van der Waals surface area (Å²) in [5, 5.41) is 0. The molecule has 1 aromatic rings. The number of methoxy groups -OCH3 is 1. The van der Waals surface area contributed by atoms with E-state index in [1.807, 2.05) is 25.1 Å². The molecule has 0 bridgehead atoms. The van der Waals surface area contributed by atoms with Gasteiger partial charge < -0.3 is 9.47 Å². The van der Waals surface area contributed by atoms with Gasteiger partial charge >= 0.3 is 5.97 Å². The molecule has 4 heteroatoms. The van der Waals surface area contributed by atoms with Crippen LogP contribution in [0, 0.1) is 6.92 Å². The first-order valence-corrected chi connectivity index (χ1v) is 10.8. The molecule has 0 saturated heterocycles. The molecule has 4 nitrogen and oxygen atoms in total. The van der Waals surface area contributed by atoms with E-state index in [2.05, 4.69) is 6.92 Å². The summed E-state index contributed by atoms with van der Waals surface area (Å²) in [5.74, 6) is 0.694. The van der Waals surface area contributed by atoms with Crippen LogP contribution in [0.25, 0.3) is 0 Å². The summed E-state index contributed by atoms with van der Waals surface area (Å²) in [7, 11) is 1.66. The lowest BCUT2D eigenvalue weighted by atomic mass is 9.99. The summed E-state index contributed by atoms with van der Waals surface area (Å²) >= 11 is 0. The number of hydrogen-bond donors (Lipinski definition) is 0. The van der Waals surface area contributed by atoms with Crippen LogP contribution in [-0.2, 0) is 20.7 Å². The normalized spacial score (nSPS) is 11.9. The Balaban J connectivity index is 2.39. The number of carbonyl (C=O) groups is 2. The first-order chi connectivity index (χ1) is 13.5. The average molecular weight is 391 g/mol. The van der Waals surface area contributed by atoms with Gasteiger partial charge in [0, 0.05) is 19.8 Å². The molecule has 1 aromatic carbocycles. The summed E-state index contributed by atoms with van der Waals surface area (Å²) in [5.41, 5.74) is 2.18. The molecule has 0 aliphatic rings. The number of benzene rings is 1. The van der Waals surface area contributed by atoms with Gasteiger partial charge in [0.1, 0.15) is 17.6 Å². The van der Waals surface area contributed by atoms with Crippen molar-refractivity contribution in [1.82, 2.24) is 0 Å². The number of ketones is 1. The molecule has 1 unspecified atom stereocenters. The summed E-state index contributed by atoms with van der Waals surface area (Å²) < 4.78 is 10.7. The highest BCUT2D eigenvalue weighted by Gasteiger charge is 2.17. The lowest BCUT2D eigenvalue weighted by Gasteiger charge is -2.16. The van der Waals surface area contributed by atoms with Gasteiger partial charge in [-0.2, -0.15) is 0 Å². The second kappa shape index (κ2) is 14.2. The summed E-state index contributed by atoms with van der Waals surface area (Å²) in [6.45, 7) is 5.64. The zero-order valence-corrected chi connectivity index (χ0v) is 18.2. The molecule has 158 valence electrons. The smallest absolute Gasteiger partial charge is 0.302 e. The second-order valence-corrected chi connectivity index (χ2v) is 7.69. The van der Waals surface area contributed by atoms with Crippen molar-refractivity contribution in [3.8, 4) is 5.75 Å². The number of aryl methyl sites for hydroxylation is 2. The minimum Gasteiger partial charge on any atom is -0.496 e. The molecule has 0 N–H and O–H groups in total. The predicted octanol–water partition coefficient (Wildman–Crippen LogP) is 5.97. The monoisotopic (exact) mass is 390 g/mol. The SMILES string of the molecule is CCCCCCCCCC(CC(=O)CCc1ccc(C)c(OC)c1)OC(C)=O. The van der Waals surface area contributed by atoms with Crippen molar-refractivity contribution in [3.05, 3.63) is 29.3 Å². The molecular weight excluding hydrogens is 352 g/mol. The Kier molecular flexibility index (Phi) is 12.3. The Morgan fingerprint density at radius 2 is 1.71 bits per heavy atom. The van der Waals surface area contributed by atoms with Gasteiger partial charge in [0.05, 0.1) is 7.11 Å². The van der Waals surface area contributed by atoms with Gasteiger partial charge in [0.15, 0.2) is 0 Å². The van der Waals surface area contributed by atoms with E-state index in [4.69, 9.17) is 9.47 Å². The minimum absolute atomic E-state index is 0.147. The van der Waals surface area contributed by atoms with Gasteiger partial charge in [-0.15, -0.1) is 0 Å². The number of ether oxygens (including phenoxy) is 2. The molecule has 0 aliphatic carbocycles. The van der Waals surface area contributed by atoms with Gasteiger partial charge in [-0.1, -0.05) is 57.6 Å². The zero-order chi connectivity index (χ0) is 20.8. The molecule has 0 fully saturated rings. The summed E-state index contributed by atoms with van der Waals surface area (Å²) in [6.07, 6.45) is 10.4. The van der Waals surface area contributed by atoms with Gasteiger partial charge in [0.25, 0.3) is 0 Å². The molecule has 0 saturated carbocycles. The van der Waals surface area contributed by atoms with Gasteiger partial charge in [-0.05, 0) is 43.4 Å². The quantitative estimate of drug-likeness (QED) is 0.273. The van der Waals surface area contributed by atoms with Crippen LogP contribution in [0.3, 0.4) is 0 Å². The summed E-state index contributed by atoms with van der Waals surface area (Å²) in [6, 6.07) is 6.04. The number of rotatable bonds is 15. The molecule has 28 heavy (non-hydrogen) atoms. The van der Waals surface area contributed by atoms with Crippen LogP contribution in [-0.4, -0.2) is 25.0 Å². The Bertz CT molecular complexity index is 594. The van der Waals surface area contributed by atoms with Crippen LogP contribution >= 0.6 is 0 Å². The Labute approximate surface area is 171 Å². The second-order valence-electron chi connectivity index (χ2n) is 7.69. The number of carbonyl (C=O) groups excluding carboxylic acids is 2. The molecule has 0 radical (unpaired) electrons. The van der Waals surface area contributed by atoms with Gasteiger partial charge in [-0.3, -0.25) is 9.59 Å². The standard InChI is InChI=1S/C24H38O4/c1-5-6-7-8-9-10-11-12-23(28-20(3)25)18-22(26)16-15-21-14-13-19(2)24(17-21)27-4/h13-14,17,23H,5-12,15-16,18H2,1-4H3. The maximum absolute atomic E-state index is 12.4. The van der Waals surface area contributed by atoms with Crippen molar-refractivity contribution >= 4 is 11.8 Å². The van der Waals surface area contributed by atoms with Crippen molar-refractivity contribution in [2.24, 2.45) is 0 Å². The third-order valence-corrected chi connectivity index (χ3v) is 5.08. The maximum Gasteiger partial charge on any atom is 0.302 e. The first kappa shape index (κ1) is 24.2. The fourth-order valence-electron chi connectivity index (χ4n) is 3.43. The molecule has 0 aromatic heterocycles. The van der Waals surface area contributed by atoms with E-state index in [1.165, 1.54) is 39.0 Å². The van der Waals surface area contributed by atoms with Crippen molar-refractivity contribution in [3.63, 3.8) is 0 Å². The number of hydrogen-bond acceptors (Lipinski definition) is 4. The lowest BCUT2D eigenvalue weighted by Crippen LogP contribution is -2.20. The first-order valence-electron chi connectivity index (χ1n) is 10.8. The van der Waals surface area contributed by atoms with E-state index in [0.717, 1.165) is 36.1 Å². The number of esters is 1. The van der Waals surface area contributed by atoms with Crippen LogP contribution < -0.4 is 4.74 Å². The molecular formula is C24H38O4. The van der Waals surface area contributed by atoms with Crippen LogP contribution in [0.1, 0.15) is 89.2 Å². The molecule has 1 atom stereocenters. The maximum atomic E-state index is 12.4. The fourth-order valence-corrected chi connectivity index (χ4v) is 3.43. The topological polar surface area (TPSA) is 52.6 Å². The van der Waals surface area contributed by atoms with Crippen LogP contribution in [0.5, 0.6) is 5.75 Å². The minimum atomic E-state index is -0.302.